The number of phosphoric acid groups is 1. The number of carbonyl (C=O) groups excluding carboxylic acids is 1. The van der Waals surface area contributed by atoms with Crippen molar-refractivity contribution < 1.29 is 48.6 Å². The molecule has 0 fully saturated rings. The minimum absolute atomic E-state index is 0.0918. The molecule has 0 bridgehead atoms. The molecular weight excluding hydrogens is 387 g/mol. The van der Waals surface area contributed by atoms with E-state index in [1.54, 1.807) is 6.92 Å². The summed E-state index contributed by atoms with van der Waals surface area (Å²) < 4.78 is 15.0. The van der Waals surface area contributed by atoms with Crippen LogP contribution < -0.4 is 15.4 Å². The maximum Gasteiger partial charge on any atom is 0.524 e. The van der Waals surface area contributed by atoms with Crippen LogP contribution in [0.2, 0.25) is 0 Å². The first kappa shape index (κ1) is 24.3. The SMILES string of the molecule is CCCC(=O)NNC(Cc1ccc(OP(=O)(O)O)c(O)c1)C(=O)O.O=CO. The summed E-state index contributed by atoms with van der Waals surface area (Å²) in [7, 11) is -4.82. The van der Waals surface area contributed by atoms with E-state index in [4.69, 9.17) is 24.8 Å². The number of benzene rings is 1. The quantitative estimate of drug-likeness (QED) is 0.164. The number of carboxylic acids is 1. The van der Waals surface area contributed by atoms with Gasteiger partial charge in [-0.1, -0.05) is 13.0 Å². The van der Waals surface area contributed by atoms with Crippen LogP contribution in [0.1, 0.15) is 25.3 Å². The molecule has 12 nitrogen and oxygen atoms in total. The Bertz CT molecular complexity index is 690. The summed E-state index contributed by atoms with van der Waals surface area (Å²) in [5.41, 5.74) is 5.03. The van der Waals surface area contributed by atoms with Gasteiger partial charge in [0.1, 0.15) is 6.04 Å². The van der Waals surface area contributed by atoms with E-state index in [1.807, 2.05) is 0 Å². The van der Waals surface area contributed by atoms with E-state index < -0.39 is 31.3 Å². The van der Waals surface area contributed by atoms with Crippen molar-refractivity contribution in [1.29, 1.82) is 0 Å². The third-order valence-corrected chi connectivity index (χ3v) is 3.28. The second-order valence-corrected chi connectivity index (χ2v) is 6.19. The summed E-state index contributed by atoms with van der Waals surface area (Å²) in [6.45, 7) is 1.55. The molecule has 0 saturated heterocycles. The van der Waals surface area contributed by atoms with Crippen LogP contribution in [-0.4, -0.2) is 49.5 Å². The van der Waals surface area contributed by atoms with Crippen molar-refractivity contribution in [2.75, 3.05) is 0 Å². The highest BCUT2D eigenvalue weighted by molar-refractivity contribution is 7.46. The Morgan fingerprint density at radius 3 is 2.37 bits per heavy atom. The van der Waals surface area contributed by atoms with E-state index >= 15 is 0 Å². The number of carbonyl (C=O) groups is 3. The van der Waals surface area contributed by atoms with E-state index in [1.165, 1.54) is 6.07 Å². The predicted molar refractivity (Wildman–Crippen MR) is 90.8 cm³/mol. The largest absolute Gasteiger partial charge is 0.524 e. The van der Waals surface area contributed by atoms with Gasteiger partial charge in [0.05, 0.1) is 0 Å². The number of phosphoric ester groups is 1. The highest BCUT2D eigenvalue weighted by Crippen LogP contribution is 2.41. The minimum Gasteiger partial charge on any atom is -0.504 e. The monoisotopic (exact) mass is 408 g/mol. The van der Waals surface area contributed by atoms with Gasteiger partial charge in [0.2, 0.25) is 5.91 Å². The Hall–Kier alpha value is -2.66. The average Bonchev–Trinajstić information content (AvgIpc) is 2.53. The molecule has 0 heterocycles. The zero-order chi connectivity index (χ0) is 21.0. The van der Waals surface area contributed by atoms with Crippen molar-refractivity contribution in [2.24, 2.45) is 0 Å². The van der Waals surface area contributed by atoms with Crippen LogP contribution in [0.3, 0.4) is 0 Å². The molecule has 1 atom stereocenters. The van der Waals surface area contributed by atoms with Crippen molar-refractivity contribution in [1.82, 2.24) is 10.9 Å². The Morgan fingerprint density at radius 1 is 1.33 bits per heavy atom. The zero-order valence-electron chi connectivity index (χ0n) is 14.2. The first-order valence-electron chi connectivity index (χ1n) is 7.46. The number of hydrazine groups is 1. The third-order valence-electron chi connectivity index (χ3n) is 2.84. The van der Waals surface area contributed by atoms with Gasteiger partial charge < -0.3 is 19.8 Å². The van der Waals surface area contributed by atoms with E-state index in [9.17, 15) is 19.3 Å². The highest BCUT2D eigenvalue weighted by atomic mass is 31.2. The van der Waals surface area contributed by atoms with Crippen LogP contribution in [0.25, 0.3) is 0 Å². The van der Waals surface area contributed by atoms with Crippen LogP contribution in [0.5, 0.6) is 11.5 Å². The van der Waals surface area contributed by atoms with Crippen LogP contribution in [0.4, 0.5) is 0 Å². The summed E-state index contributed by atoms with van der Waals surface area (Å²) in [6.07, 6.45) is 0.764. The van der Waals surface area contributed by atoms with E-state index in [-0.39, 0.29) is 25.2 Å². The number of carboxylic acid groups (broad SMARTS) is 2. The second-order valence-electron chi connectivity index (χ2n) is 5.03. The van der Waals surface area contributed by atoms with Gasteiger partial charge in [0.15, 0.2) is 11.5 Å². The maximum atomic E-state index is 11.4. The topological polar surface area (TPSA) is 203 Å². The molecule has 1 unspecified atom stereocenters. The van der Waals surface area contributed by atoms with E-state index in [2.05, 4.69) is 15.4 Å². The summed E-state index contributed by atoms with van der Waals surface area (Å²) in [6, 6.07) is 2.42. The number of phenols is 1. The van der Waals surface area contributed by atoms with Gasteiger partial charge in [0, 0.05) is 12.8 Å². The Balaban J connectivity index is 0.00000210. The van der Waals surface area contributed by atoms with Crippen molar-refractivity contribution in [3.05, 3.63) is 23.8 Å². The standard InChI is InChI=1S/C13H19N2O8P.CH2O2/c1-2-3-12(17)15-14-9(13(18)19)6-8-4-5-11(10(16)7-8)23-24(20,21)22;2-1-3/h4-5,7,9,14,16H,2-3,6H2,1H3,(H,15,17)(H,18,19)(H2,20,21,22);1H,(H,2,3). The molecule has 1 rings (SSSR count). The molecule has 13 heteroatoms. The number of nitrogens with one attached hydrogen (secondary N) is 2. The lowest BCUT2D eigenvalue weighted by Gasteiger charge is -2.16. The fourth-order valence-corrected chi connectivity index (χ4v) is 2.20. The Labute approximate surface area is 154 Å². The number of hydrogen-bond donors (Lipinski definition) is 7. The number of hydrogen-bond acceptors (Lipinski definition) is 7. The van der Waals surface area contributed by atoms with Gasteiger partial charge >= 0.3 is 13.8 Å². The lowest BCUT2D eigenvalue weighted by atomic mass is 10.1. The van der Waals surface area contributed by atoms with Crippen molar-refractivity contribution in [2.45, 2.75) is 32.2 Å². The first-order chi connectivity index (χ1) is 12.5. The van der Waals surface area contributed by atoms with Crippen molar-refractivity contribution in [3.63, 3.8) is 0 Å². The molecular formula is C14H21N2O10P. The average molecular weight is 408 g/mol. The first-order valence-corrected chi connectivity index (χ1v) is 8.99. The summed E-state index contributed by atoms with van der Waals surface area (Å²) in [5.74, 6) is -2.54. The highest BCUT2D eigenvalue weighted by Gasteiger charge is 2.21. The molecule has 1 aromatic carbocycles. The molecule has 0 spiro atoms. The normalized spacial score (nSPS) is 11.5. The molecule has 0 aliphatic heterocycles. The molecule has 27 heavy (non-hydrogen) atoms. The van der Waals surface area contributed by atoms with Gasteiger partial charge in [-0.3, -0.25) is 29.6 Å². The summed E-state index contributed by atoms with van der Waals surface area (Å²) in [4.78, 5) is 48.3. The smallest absolute Gasteiger partial charge is 0.504 e. The van der Waals surface area contributed by atoms with Gasteiger partial charge in [-0.05, 0) is 24.1 Å². The lowest BCUT2D eigenvalue weighted by molar-refractivity contribution is -0.140. The number of aromatic hydroxyl groups is 1. The van der Waals surface area contributed by atoms with Crippen LogP contribution in [0.15, 0.2) is 18.2 Å². The van der Waals surface area contributed by atoms with Gasteiger partial charge in [-0.25, -0.2) is 9.99 Å². The minimum atomic E-state index is -4.82. The van der Waals surface area contributed by atoms with Crippen LogP contribution in [-0.2, 0) is 25.4 Å². The fourth-order valence-electron chi connectivity index (χ4n) is 1.79. The molecule has 152 valence electrons. The summed E-state index contributed by atoms with van der Waals surface area (Å²) >= 11 is 0. The van der Waals surface area contributed by atoms with Crippen molar-refractivity contribution >= 4 is 26.2 Å². The molecule has 1 amide bonds. The molecule has 0 radical (unpaired) electrons. The molecule has 7 N–H and O–H groups in total. The molecule has 0 aliphatic carbocycles. The number of phenolic OH excluding ortho intramolecular Hbond substituents is 1. The van der Waals surface area contributed by atoms with Gasteiger partial charge in [-0.2, -0.15) is 0 Å². The van der Waals surface area contributed by atoms with Crippen molar-refractivity contribution in [3.8, 4) is 11.5 Å². The predicted octanol–water partition coefficient (Wildman–Crippen LogP) is -0.0189. The second kappa shape index (κ2) is 11.9. The molecule has 0 saturated carbocycles. The molecule has 0 aromatic heterocycles. The Morgan fingerprint density at radius 2 is 1.93 bits per heavy atom. The Kier molecular flexibility index (Phi) is 10.7. The molecule has 0 aliphatic rings. The van der Waals surface area contributed by atoms with E-state index in [0.717, 1.165) is 12.1 Å². The third kappa shape index (κ3) is 10.8. The van der Waals surface area contributed by atoms with Gasteiger partial charge in [-0.15, -0.1) is 0 Å². The van der Waals surface area contributed by atoms with E-state index in [0.29, 0.717) is 12.0 Å². The fraction of sp³-hybridized carbons (Fsp3) is 0.357. The zero-order valence-corrected chi connectivity index (χ0v) is 15.1. The molecule has 1 aromatic rings. The van der Waals surface area contributed by atoms with Crippen LogP contribution in [0, 0.1) is 0 Å². The van der Waals surface area contributed by atoms with Gasteiger partial charge in [0.25, 0.3) is 6.47 Å². The number of rotatable bonds is 9. The summed E-state index contributed by atoms with van der Waals surface area (Å²) in [5, 5.41) is 25.7. The number of amides is 1. The maximum absolute atomic E-state index is 11.4. The number of aliphatic carboxylic acids is 1. The van der Waals surface area contributed by atoms with Crippen LogP contribution >= 0.6 is 7.82 Å². The lowest BCUT2D eigenvalue weighted by Crippen LogP contribution is -2.49.